The van der Waals surface area contributed by atoms with E-state index in [-0.39, 0.29) is 10.6 Å². The quantitative estimate of drug-likeness (QED) is 0.663. The van der Waals surface area contributed by atoms with Gasteiger partial charge in [-0.3, -0.25) is 4.79 Å². The Bertz CT molecular complexity index is 1030. The zero-order valence-corrected chi connectivity index (χ0v) is 15.5. The maximum Gasteiger partial charge on any atom is 0.287 e. The second kappa shape index (κ2) is 6.49. The van der Waals surface area contributed by atoms with Crippen LogP contribution in [0.2, 0.25) is 5.02 Å². The van der Waals surface area contributed by atoms with Crippen LogP contribution in [0.3, 0.4) is 0 Å². The van der Waals surface area contributed by atoms with Gasteiger partial charge in [0.2, 0.25) is 0 Å². The number of fused-ring (bicyclic) bond motifs is 1. The second-order valence-electron chi connectivity index (χ2n) is 7.07. The van der Waals surface area contributed by atoms with Gasteiger partial charge >= 0.3 is 0 Å². The van der Waals surface area contributed by atoms with E-state index >= 15 is 0 Å². The number of hydrogen-bond donors (Lipinski definition) is 0. The van der Waals surface area contributed by atoms with E-state index in [0.717, 1.165) is 43.3 Å². The van der Waals surface area contributed by atoms with E-state index in [1.807, 2.05) is 12.1 Å². The molecule has 5 rings (SSSR count). The van der Waals surface area contributed by atoms with Crippen molar-refractivity contribution in [1.29, 1.82) is 0 Å². The van der Waals surface area contributed by atoms with Crippen LogP contribution < -0.4 is 15.4 Å². The first-order chi connectivity index (χ1) is 13.2. The van der Waals surface area contributed by atoms with Crippen molar-refractivity contribution in [3.05, 3.63) is 40.0 Å². The molecule has 140 valence electrons. The average molecular weight is 387 g/mol. The third-order valence-electron chi connectivity index (χ3n) is 5.19. The first kappa shape index (κ1) is 16.5. The van der Waals surface area contributed by atoms with Crippen LogP contribution in [0, 0.1) is 5.92 Å². The van der Waals surface area contributed by atoms with Crippen molar-refractivity contribution < 1.29 is 0 Å². The molecule has 1 aliphatic heterocycles. The predicted molar refractivity (Wildman–Crippen MR) is 101 cm³/mol. The second-order valence-corrected chi connectivity index (χ2v) is 7.45. The van der Waals surface area contributed by atoms with Gasteiger partial charge in [-0.25, -0.2) is 4.68 Å². The Kier molecular flexibility index (Phi) is 3.96. The molecule has 2 fully saturated rings. The Morgan fingerprint density at radius 2 is 1.89 bits per heavy atom. The summed E-state index contributed by atoms with van der Waals surface area (Å²) in [6, 6.07) is 3.86. The van der Waals surface area contributed by atoms with Crippen molar-refractivity contribution >= 4 is 28.8 Å². The number of rotatable bonds is 4. The highest BCUT2D eigenvalue weighted by molar-refractivity contribution is 6.33. The minimum Gasteiger partial charge on any atom is -0.365 e. The fourth-order valence-electron chi connectivity index (χ4n) is 3.42. The third-order valence-corrected chi connectivity index (χ3v) is 5.54. The Balaban J connectivity index is 1.31. The Hall–Kier alpha value is -2.68. The van der Waals surface area contributed by atoms with E-state index in [1.54, 1.807) is 17.0 Å². The van der Waals surface area contributed by atoms with Crippen LogP contribution in [-0.4, -0.2) is 55.8 Å². The van der Waals surface area contributed by atoms with E-state index in [9.17, 15) is 4.79 Å². The fourth-order valence-corrected chi connectivity index (χ4v) is 3.68. The Morgan fingerprint density at radius 1 is 1.11 bits per heavy atom. The van der Waals surface area contributed by atoms with E-state index in [1.165, 1.54) is 17.5 Å². The van der Waals surface area contributed by atoms with Crippen LogP contribution in [0.1, 0.15) is 12.8 Å². The maximum atomic E-state index is 12.5. The highest BCUT2D eigenvalue weighted by atomic mass is 35.5. The van der Waals surface area contributed by atoms with E-state index in [2.05, 4.69) is 30.2 Å². The van der Waals surface area contributed by atoms with Crippen LogP contribution in [0.5, 0.6) is 0 Å². The molecular formula is C17H19ClN8O. The van der Waals surface area contributed by atoms with Crippen LogP contribution in [0.15, 0.2) is 29.5 Å². The minimum atomic E-state index is -0.191. The molecule has 1 saturated heterocycles. The van der Waals surface area contributed by atoms with E-state index in [4.69, 9.17) is 11.6 Å². The van der Waals surface area contributed by atoms with Crippen molar-refractivity contribution in [1.82, 2.24) is 29.6 Å². The Labute approximate surface area is 160 Å². The molecule has 0 bridgehead atoms. The van der Waals surface area contributed by atoms with Gasteiger partial charge in [-0.05, 0) is 30.9 Å². The summed E-state index contributed by atoms with van der Waals surface area (Å²) < 4.78 is 3.17. The standard InChI is InChI=1S/C17H19ClN8O/c18-16-13(9-20-25(17(16)27)10-12-1-2-12)23-5-7-24(8-6-23)15-4-3-14-21-19-11-26(14)22-15/h3-4,9,11-12H,1-2,5-8,10H2. The van der Waals surface area contributed by atoms with Crippen LogP contribution in [-0.2, 0) is 6.54 Å². The van der Waals surface area contributed by atoms with Crippen molar-refractivity contribution in [3.8, 4) is 0 Å². The van der Waals surface area contributed by atoms with Gasteiger partial charge in [0.05, 0.1) is 11.9 Å². The molecule has 0 aromatic carbocycles. The molecule has 27 heavy (non-hydrogen) atoms. The lowest BCUT2D eigenvalue weighted by molar-refractivity contribution is 0.531. The summed E-state index contributed by atoms with van der Waals surface area (Å²) in [5.74, 6) is 1.46. The number of aromatic nitrogens is 6. The molecule has 1 aliphatic carbocycles. The zero-order chi connectivity index (χ0) is 18.4. The highest BCUT2D eigenvalue weighted by Crippen LogP contribution is 2.30. The molecule has 3 aromatic rings. The molecule has 0 spiro atoms. The van der Waals surface area contributed by atoms with E-state index < -0.39 is 0 Å². The van der Waals surface area contributed by atoms with Gasteiger partial charge < -0.3 is 9.80 Å². The summed E-state index contributed by atoms with van der Waals surface area (Å²) in [5.41, 5.74) is 1.25. The van der Waals surface area contributed by atoms with Crippen molar-refractivity contribution in [2.24, 2.45) is 5.92 Å². The van der Waals surface area contributed by atoms with E-state index in [0.29, 0.717) is 12.5 Å². The van der Waals surface area contributed by atoms with Gasteiger partial charge in [-0.1, -0.05) is 11.6 Å². The van der Waals surface area contributed by atoms with Gasteiger partial charge in [-0.2, -0.15) is 9.61 Å². The van der Waals surface area contributed by atoms with Crippen LogP contribution in [0.25, 0.3) is 5.65 Å². The summed E-state index contributed by atoms with van der Waals surface area (Å²) in [5, 5.41) is 17.0. The van der Waals surface area contributed by atoms with Crippen molar-refractivity contribution in [2.45, 2.75) is 19.4 Å². The molecule has 0 N–H and O–H groups in total. The van der Waals surface area contributed by atoms with Crippen molar-refractivity contribution in [3.63, 3.8) is 0 Å². The smallest absolute Gasteiger partial charge is 0.287 e. The SMILES string of the molecule is O=c1c(Cl)c(N2CCN(c3ccc4nncn4n3)CC2)cnn1CC1CC1. The lowest BCUT2D eigenvalue weighted by Gasteiger charge is -2.36. The highest BCUT2D eigenvalue weighted by Gasteiger charge is 2.25. The number of piperazine rings is 1. The number of nitrogens with zero attached hydrogens (tertiary/aromatic N) is 8. The lowest BCUT2D eigenvalue weighted by Crippen LogP contribution is -2.47. The average Bonchev–Trinajstić information content (AvgIpc) is 3.39. The van der Waals surface area contributed by atoms with Gasteiger partial charge in [0.1, 0.15) is 17.2 Å². The molecule has 0 atom stereocenters. The molecule has 4 heterocycles. The number of anilines is 2. The van der Waals surface area contributed by atoms with Gasteiger partial charge in [0.15, 0.2) is 5.65 Å². The first-order valence-corrected chi connectivity index (χ1v) is 9.49. The molecule has 0 radical (unpaired) electrons. The van der Waals surface area contributed by atoms with Gasteiger partial charge in [0.25, 0.3) is 5.56 Å². The van der Waals surface area contributed by atoms with Crippen LogP contribution in [0.4, 0.5) is 11.5 Å². The summed E-state index contributed by atoms with van der Waals surface area (Å²) in [6.45, 7) is 3.72. The first-order valence-electron chi connectivity index (χ1n) is 9.11. The molecule has 0 amide bonds. The maximum absolute atomic E-state index is 12.5. The predicted octanol–water partition coefficient (Wildman–Crippen LogP) is 1.07. The number of halogens is 1. The van der Waals surface area contributed by atoms with Gasteiger partial charge in [0, 0.05) is 32.7 Å². The van der Waals surface area contributed by atoms with Gasteiger partial charge in [-0.15, -0.1) is 15.3 Å². The third kappa shape index (κ3) is 3.12. The molecule has 9 nitrogen and oxygen atoms in total. The van der Waals surface area contributed by atoms with Crippen LogP contribution >= 0.6 is 11.6 Å². The zero-order valence-electron chi connectivity index (χ0n) is 14.7. The topological polar surface area (TPSA) is 84.5 Å². The minimum absolute atomic E-state index is 0.191. The number of hydrogen-bond acceptors (Lipinski definition) is 7. The molecule has 0 unspecified atom stereocenters. The monoisotopic (exact) mass is 386 g/mol. The summed E-state index contributed by atoms with van der Waals surface area (Å²) in [4.78, 5) is 16.8. The summed E-state index contributed by atoms with van der Waals surface area (Å²) in [7, 11) is 0. The molecule has 2 aliphatic rings. The molecular weight excluding hydrogens is 368 g/mol. The lowest BCUT2D eigenvalue weighted by atomic mass is 10.2. The normalized spacial score (nSPS) is 17.7. The molecule has 1 saturated carbocycles. The van der Waals surface area contributed by atoms with Crippen molar-refractivity contribution in [2.75, 3.05) is 36.0 Å². The largest absolute Gasteiger partial charge is 0.365 e. The summed E-state index contributed by atoms with van der Waals surface area (Å²) in [6.07, 6.45) is 5.66. The molecule has 3 aromatic heterocycles. The molecule has 10 heteroatoms. The fraction of sp³-hybridized carbons (Fsp3) is 0.471. The Morgan fingerprint density at radius 3 is 2.67 bits per heavy atom. The summed E-state index contributed by atoms with van der Waals surface area (Å²) >= 11 is 6.38.